The zero-order valence-corrected chi connectivity index (χ0v) is 13.5. The maximum atomic E-state index is 12.4. The number of carbonyl (C=O) groups excluding carboxylic acids is 3. The Morgan fingerprint density at radius 1 is 1.13 bits per heavy atom. The minimum atomic E-state index is -0.856. The van der Waals surface area contributed by atoms with Crippen LogP contribution < -0.4 is 16.4 Å². The number of primary amides is 1. The zero-order chi connectivity index (χ0) is 17.4. The first-order chi connectivity index (χ1) is 10.8. The molecule has 0 bridgehead atoms. The third-order valence-corrected chi connectivity index (χ3v) is 3.35. The van der Waals surface area contributed by atoms with Gasteiger partial charge < -0.3 is 21.1 Å². The van der Waals surface area contributed by atoms with E-state index in [-0.39, 0.29) is 12.3 Å². The lowest BCUT2D eigenvalue weighted by atomic mass is 10.0. The number of benzene rings is 1. The van der Waals surface area contributed by atoms with Gasteiger partial charge in [0.1, 0.15) is 12.1 Å². The Bertz CT molecular complexity index is 546. The summed E-state index contributed by atoms with van der Waals surface area (Å²) in [6.07, 6.45) is -0.428. The lowest BCUT2D eigenvalue weighted by Gasteiger charge is -2.23. The van der Waals surface area contributed by atoms with Crippen LogP contribution in [0.4, 0.5) is 4.79 Å². The molecule has 0 aliphatic carbocycles. The molecule has 4 N–H and O–H groups in total. The van der Waals surface area contributed by atoms with Crippen molar-refractivity contribution in [2.24, 2.45) is 11.7 Å². The number of ether oxygens (including phenoxy) is 1. The Labute approximate surface area is 135 Å². The molecule has 0 fully saturated rings. The molecule has 0 heterocycles. The van der Waals surface area contributed by atoms with Crippen LogP contribution in [0.5, 0.6) is 0 Å². The summed E-state index contributed by atoms with van der Waals surface area (Å²) in [4.78, 5) is 35.3. The van der Waals surface area contributed by atoms with Crippen molar-refractivity contribution in [3.63, 3.8) is 0 Å². The first-order valence-electron chi connectivity index (χ1n) is 7.33. The van der Waals surface area contributed by atoms with Gasteiger partial charge >= 0.3 is 6.09 Å². The van der Waals surface area contributed by atoms with Gasteiger partial charge in [0.05, 0.1) is 7.11 Å². The standard InChI is InChI=1S/C16H23N3O4/c1-10(2)13(19-16(22)23-3)15(21)18-12(14(17)20)9-11-7-5-4-6-8-11/h4-8,10,12-13H,9H2,1-3H3,(H2,17,20)(H,18,21)(H,19,22)/t12-,13-/m0/s1. The van der Waals surface area contributed by atoms with E-state index < -0.39 is 30.0 Å². The second kappa shape index (κ2) is 8.77. The van der Waals surface area contributed by atoms with E-state index in [2.05, 4.69) is 15.4 Å². The van der Waals surface area contributed by atoms with E-state index in [4.69, 9.17) is 5.73 Å². The van der Waals surface area contributed by atoms with Crippen molar-refractivity contribution in [1.82, 2.24) is 10.6 Å². The fourth-order valence-electron chi connectivity index (χ4n) is 2.05. The summed E-state index contributed by atoms with van der Waals surface area (Å²) in [5.74, 6) is -1.30. The van der Waals surface area contributed by atoms with Crippen LogP contribution in [0.15, 0.2) is 30.3 Å². The maximum absolute atomic E-state index is 12.4. The molecule has 0 aliphatic heterocycles. The summed E-state index contributed by atoms with van der Waals surface area (Å²) in [7, 11) is 1.21. The predicted molar refractivity (Wildman–Crippen MR) is 85.4 cm³/mol. The molecule has 1 rings (SSSR count). The Balaban J connectivity index is 2.79. The summed E-state index contributed by atoms with van der Waals surface area (Å²) in [6.45, 7) is 3.55. The first-order valence-corrected chi connectivity index (χ1v) is 7.33. The van der Waals surface area contributed by atoms with Gasteiger partial charge in [-0.3, -0.25) is 9.59 Å². The van der Waals surface area contributed by atoms with E-state index >= 15 is 0 Å². The molecular formula is C16H23N3O4. The Kier molecular flexibility index (Phi) is 7.05. The zero-order valence-electron chi connectivity index (χ0n) is 13.5. The molecule has 0 unspecified atom stereocenters. The van der Waals surface area contributed by atoms with Gasteiger partial charge in [0.15, 0.2) is 0 Å². The van der Waals surface area contributed by atoms with Gasteiger partial charge in [-0.2, -0.15) is 0 Å². The maximum Gasteiger partial charge on any atom is 0.407 e. The molecule has 0 radical (unpaired) electrons. The summed E-state index contributed by atoms with van der Waals surface area (Å²) >= 11 is 0. The number of nitrogens with one attached hydrogen (secondary N) is 2. The second-order valence-electron chi connectivity index (χ2n) is 5.51. The van der Waals surface area contributed by atoms with Gasteiger partial charge in [0.2, 0.25) is 11.8 Å². The first kappa shape index (κ1) is 18.5. The van der Waals surface area contributed by atoms with Crippen molar-refractivity contribution in [2.75, 3.05) is 7.11 Å². The van der Waals surface area contributed by atoms with Gasteiger partial charge in [-0.25, -0.2) is 4.79 Å². The lowest BCUT2D eigenvalue weighted by Crippen LogP contribution is -2.55. The lowest BCUT2D eigenvalue weighted by molar-refractivity contribution is -0.129. The molecule has 23 heavy (non-hydrogen) atoms. The molecule has 7 nitrogen and oxygen atoms in total. The number of rotatable bonds is 7. The Morgan fingerprint density at radius 3 is 2.22 bits per heavy atom. The molecule has 0 saturated carbocycles. The van der Waals surface area contributed by atoms with Crippen LogP contribution in [-0.2, 0) is 20.7 Å². The van der Waals surface area contributed by atoms with Crippen LogP contribution in [0.2, 0.25) is 0 Å². The van der Waals surface area contributed by atoms with E-state index in [0.29, 0.717) is 0 Å². The minimum Gasteiger partial charge on any atom is -0.453 e. The van der Waals surface area contributed by atoms with E-state index in [0.717, 1.165) is 5.56 Å². The van der Waals surface area contributed by atoms with Crippen LogP contribution in [0.3, 0.4) is 0 Å². The minimum absolute atomic E-state index is 0.181. The van der Waals surface area contributed by atoms with E-state index in [1.54, 1.807) is 13.8 Å². The number of nitrogens with two attached hydrogens (primary N) is 1. The van der Waals surface area contributed by atoms with Crippen LogP contribution in [0, 0.1) is 5.92 Å². The summed E-state index contributed by atoms with van der Waals surface area (Å²) in [6, 6.07) is 7.54. The van der Waals surface area contributed by atoms with Crippen molar-refractivity contribution in [2.45, 2.75) is 32.4 Å². The molecule has 7 heteroatoms. The van der Waals surface area contributed by atoms with Crippen molar-refractivity contribution in [3.8, 4) is 0 Å². The molecule has 0 aromatic heterocycles. The van der Waals surface area contributed by atoms with Crippen LogP contribution in [0.25, 0.3) is 0 Å². The number of hydrogen-bond donors (Lipinski definition) is 3. The summed E-state index contributed by atoms with van der Waals surface area (Å²) in [5.41, 5.74) is 6.24. The van der Waals surface area contributed by atoms with Gasteiger partial charge in [0, 0.05) is 6.42 Å². The third kappa shape index (κ3) is 5.98. The molecular weight excluding hydrogens is 298 g/mol. The highest BCUT2D eigenvalue weighted by Crippen LogP contribution is 2.06. The van der Waals surface area contributed by atoms with Crippen molar-refractivity contribution >= 4 is 17.9 Å². The van der Waals surface area contributed by atoms with Crippen LogP contribution in [0.1, 0.15) is 19.4 Å². The SMILES string of the molecule is COC(=O)N[C@H](C(=O)N[C@@H](Cc1ccccc1)C(N)=O)C(C)C. The second-order valence-corrected chi connectivity index (χ2v) is 5.51. The molecule has 0 aliphatic rings. The Morgan fingerprint density at radius 2 is 1.74 bits per heavy atom. The van der Waals surface area contributed by atoms with Crippen LogP contribution in [-0.4, -0.2) is 37.1 Å². The molecule has 126 valence electrons. The van der Waals surface area contributed by atoms with Crippen LogP contribution >= 0.6 is 0 Å². The number of methoxy groups -OCH3 is 1. The van der Waals surface area contributed by atoms with Gasteiger partial charge in [-0.1, -0.05) is 44.2 Å². The highest BCUT2D eigenvalue weighted by Gasteiger charge is 2.28. The topological polar surface area (TPSA) is 111 Å². The van der Waals surface area contributed by atoms with E-state index in [1.807, 2.05) is 30.3 Å². The molecule has 2 atom stereocenters. The van der Waals surface area contributed by atoms with Crippen molar-refractivity contribution < 1.29 is 19.1 Å². The average Bonchev–Trinajstić information content (AvgIpc) is 2.52. The largest absolute Gasteiger partial charge is 0.453 e. The number of amides is 3. The molecule has 1 aromatic rings. The van der Waals surface area contributed by atoms with Gasteiger partial charge in [-0.05, 0) is 11.5 Å². The molecule has 3 amide bonds. The predicted octanol–water partition coefficient (Wildman–Crippen LogP) is 0.580. The van der Waals surface area contributed by atoms with E-state index in [9.17, 15) is 14.4 Å². The highest BCUT2D eigenvalue weighted by molar-refractivity contribution is 5.91. The van der Waals surface area contributed by atoms with Gasteiger partial charge in [-0.15, -0.1) is 0 Å². The highest BCUT2D eigenvalue weighted by atomic mass is 16.5. The van der Waals surface area contributed by atoms with Gasteiger partial charge in [0.25, 0.3) is 0 Å². The monoisotopic (exact) mass is 321 g/mol. The molecule has 1 aromatic carbocycles. The fourth-order valence-corrected chi connectivity index (χ4v) is 2.05. The quantitative estimate of drug-likeness (QED) is 0.682. The average molecular weight is 321 g/mol. The third-order valence-electron chi connectivity index (χ3n) is 3.35. The molecule has 0 spiro atoms. The Hall–Kier alpha value is -2.57. The normalized spacial score (nSPS) is 13.0. The van der Waals surface area contributed by atoms with E-state index in [1.165, 1.54) is 7.11 Å². The fraction of sp³-hybridized carbons (Fsp3) is 0.438. The van der Waals surface area contributed by atoms with Crippen molar-refractivity contribution in [3.05, 3.63) is 35.9 Å². The smallest absolute Gasteiger partial charge is 0.407 e. The summed E-state index contributed by atoms with van der Waals surface area (Å²) < 4.78 is 4.51. The number of alkyl carbamates (subject to hydrolysis) is 1. The molecule has 0 saturated heterocycles. The van der Waals surface area contributed by atoms with Crippen molar-refractivity contribution in [1.29, 1.82) is 0 Å². The summed E-state index contributed by atoms with van der Waals surface area (Å²) in [5, 5.41) is 5.04. The number of carbonyl (C=O) groups is 3. The number of hydrogen-bond acceptors (Lipinski definition) is 4.